The normalized spacial score (nSPS) is 19.9. The molecule has 0 bridgehead atoms. The molecule has 17 heavy (non-hydrogen) atoms. The van der Waals surface area contributed by atoms with Crippen LogP contribution in [0, 0.1) is 5.82 Å². The fraction of sp³-hybridized carbons (Fsp3) is 0.273. The molecule has 1 aliphatic rings. The van der Waals surface area contributed by atoms with Crippen LogP contribution in [0.5, 0.6) is 0 Å². The third-order valence-electron chi connectivity index (χ3n) is 2.56. The van der Waals surface area contributed by atoms with Crippen molar-refractivity contribution in [3.63, 3.8) is 0 Å². The van der Waals surface area contributed by atoms with Gasteiger partial charge in [0.2, 0.25) is 5.91 Å². The number of carboxylic acid groups (broad SMARTS) is 1. The predicted molar refractivity (Wildman–Crippen MR) is 58.2 cm³/mol. The second-order valence-electron chi connectivity index (χ2n) is 3.82. The Hall–Kier alpha value is -2.11. The quantitative estimate of drug-likeness (QED) is 0.773. The number of carbonyl (C=O) groups is 2. The molecule has 0 saturated carbocycles. The molecule has 1 saturated heterocycles. The third kappa shape index (κ3) is 2.52. The number of amides is 1. The molecule has 0 aliphatic carbocycles. The molecule has 90 valence electrons. The Balaban J connectivity index is 2.18. The molecule has 2 N–H and O–H groups in total. The van der Waals surface area contributed by atoms with Crippen molar-refractivity contribution in [2.45, 2.75) is 6.04 Å². The van der Waals surface area contributed by atoms with E-state index in [1.165, 1.54) is 24.3 Å². The van der Waals surface area contributed by atoms with Gasteiger partial charge in [-0.1, -0.05) is 0 Å². The van der Waals surface area contributed by atoms with Crippen LogP contribution in [0.1, 0.15) is 0 Å². The first-order valence-corrected chi connectivity index (χ1v) is 5.09. The van der Waals surface area contributed by atoms with Crippen LogP contribution in [0.3, 0.4) is 0 Å². The smallest absolute Gasteiger partial charge is 0.328 e. The van der Waals surface area contributed by atoms with E-state index in [-0.39, 0.29) is 24.8 Å². The van der Waals surface area contributed by atoms with E-state index >= 15 is 0 Å². The Morgan fingerprint density at radius 2 is 2.06 bits per heavy atom. The lowest BCUT2D eigenvalue weighted by Crippen LogP contribution is -2.57. The molecular weight excluding hydrogens is 227 g/mol. The Kier molecular flexibility index (Phi) is 2.95. The van der Waals surface area contributed by atoms with Crippen molar-refractivity contribution in [3.8, 4) is 0 Å². The van der Waals surface area contributed by atoms with Crippen LogP contribution < -0.4 is 10.2 Å². The summed E-state index contributed by atoms with van der Waals surface area (Å²) in [4.78, 5) is 23.8. The van der Waals surface area contributed by atoms with Gasteiger partial charge < -0.3 is 15.3 Å². The number of aliphatic carboxylic acids is 1. The third-order valence-corrected chi connectivity index (χ3v) is 2.56. The predicted octanol–water partition coefficient (Wildman–Crippen LogP) is 0.215. The number of nitrogens with zero attached hydrogens (tertiary/aromatic N) is 1. The fourth-order valence-electron chi connectivity index (χ4n) is 1.73. The monoisotopic (exact) mass is 238 g/mol. The van der Waals surface area contributed by atoms with Gasteiger partial charge in [-0.05, 0) is 24.3 Å². The fourth-order valence-corrected chi connectivity index (χ4v) is 1.73. The van der Waals surface area contributed by atoms with Crippen LogP contribution in [-0.4, -0.2) is 36.1 Å². The molecule has 2 rings (SSSR count). The van der Waals surface area contributed by atoms with E-state index < -0.39 is 12.0 Å². The van der Waals surface area contributed by atoms with Crippen molar-refractivity contribution in [2.24, 2.45) is 0 Å². The standard InChI is InChI=1S/C11H11FN2O3/c12-7-1-3-8(4-2-7)14-5-9(11(16)17)13-10(15)6-14/h1-4,9H,5-6H2,(H,13,15)(H,16,17). The Labute approximate surface area is 96.8 Å². The number of hydrogen-bond acceptors (Lipinski definition) is 3. The largest absolute Gasteiger partial charge is 0.480 e. The maximum atomic E-state index is 12.7. The summed E-state index contributed by atoms with van der Waals surface area (Å²) < 4.78 is 12.7. The number of rotatable bonds is 2. The van der Waals surface area contributed by atoms with Crippen LogP contribution >= 0.6 is 0 Å². The average molecular weight is 238 g/mol. The molecule has 1 atom stereocenters. The molecular formula is C11H11FN2O3. The first-order chi connectivity index (χ1) is 8.06. The highest BCUT2D eigenvalue weighted by Crippen LogP contribution is 2.16. The van der Waals surface area contributed by atoms with Gasteiger partial charge in [0.15, 0.2) is 0 Å². The Morgan fingerprint density at radius 3 is 2.65 bits per heavy atom. The number of carboxylic acids is 1. The van der Waals surface area contributed by atoms with Crippen LogP contribution in [-0.2, 0) is 9.59 Å². The summed E-state index contributed by atoms with van der Waals surface area (Å²) in [6.45, 7) is 0.252. The summed E-state index contributed by atoms with van der Waals surface area (Å²) in [5, 5.41) is 11.2. The van der Waals surface area contributed by atoms with E-state index in [4.69, 9.17) is 5.11 Å². The first kappa shape index (κ1) is 11.4. The van der Waals surface area contributed by atoms with Gasteiger partial charge in [0.05, 0.1) is 6.54 Å². The minimum Gasteiger partial charge on any atom is -0.480 e. The second kappa shape index (κ2) is 4.40. The molecule has 0 aromatic heterocycles. The van der Waals surface area contributed by atoms with Gasteiger partial charge in [-0.25, -0.2) is 9.18 Å². The maximum absolute atomic E-state index is 12.7. The van der Waals surface area contributed by atoms with Crippen LogP contribution in [0.4, 0.5) is 10.1 Å². The SMILES string of the molecule is O=C1CN(c2ccc(F)cc2)CC(C(=O)O)N1. The van der Waals surface area contributed by atoms with E-state index in [0.29, 0.717) is 5.69 Å². The van der Waals surface area contributed by atoms with Gasteiger partial charge in [0.1, 0.15) is 11.9 Å². The van der Waals surface area contributed by atoms with Gasteiger partial charge in [-0.15, -0.1) is 0 Å². The number of piperazine rings is 1. The number of nitrogens with one attached hydrogen (secondary N) is 1. The highest BCUT2D eigenvalue weighted by molar-refractivity contribution is 5.89. The number of halogens is 1. The molecule has 1 fully saturated rings. The summed E-state index contributed by atoms with van der Waals surface area (Å²) in [5.41, 5.74) is 0.632. The van der Waals surface area contributed by atoms with Crippen LogP contribution in [0.25, 0.3) is 0 Å². The van der Waals surface area contributed by atoms with Crippen LogP contribution in [0.2, 0.25) is 0 Å². The molecule has 1 amide bonds. The van der Waals surface area contributed by atoms with E-state index in [0.717, 1.165) is 0 Å². The van der Waals surface area contributed by atoms with Gasteiger partial charge in [-0.3, -0.25) is 4.79 Å². The second-order valence-corrected chi connectivity index (χ2v) is 3.82. The van der Waals surface area contributed by atoms with Crippen molar-refractivity contribution in [1.29, 1.82) is 0 Å². The zero-order valence-corrected chi connectivity index (χ0v) is 8.89. The molecule has 6 heteroatoms. The zero-order valence-electron chi connectivity index (χ0n) is 8.89. The van der Waals surface area contributed by atoms with Gasteiger partial charge >= 0.3 is 5.97 Å². The van der Waals surface area contributed by atoms with E-state index in [1.807, 2.05) is 0 Å². The summed E-state index contributed by atoms with van der Waals surface area (Å²) in [7, 11) is 0. The molecule has 1 heterocycles. The van der Waals surface area contributed by atoms with Crippen molar-refractivity contribution < 1.29 is 19.1 Å². The molecule has 1 aliphatic heterocycles. The van der Waals surface area contributed by atoms with Crippen molar-refractivity contribution >= 4 is 17.6 Å². The molecule has 0 radical (unpaired) electrons. The number of anilines is 1. The Morgan fingerprint density at radius 1 is 1.41 bits per heavy atom. The van der Waals surface area contributed by atoms with Gasteiger partial charge in [0.25, 0.3) is 0 Å². The summed E-state index contributed by atoms with van der Waals surface area (Å²) in [5.74, 6) is -1.80. The summed E-state index contributed by atoms with van der Waals surface area (Å²) in [6.07, 6.45) is 0. The molecule has 1 unspecified atom stereocenters. The molecule has 0 spiro atoms. The maximum Gasteiger partial charge on any atom is 0.328 e. The number of hydrogen-bond donors (Lipinski definition) is 2. The number of carbonyl (C=O) groups excluding carboxylic acids is 1. The Bertz CT molecular complexity index is 447. The molecule has 5 nitrogen and oxygen atoms in total. The minimum atomic E-state index is -1.08. The van der Waals surface area contributed by atoms with Crippen LogP contribution in [0.15, 0.2) is 24.3 Å². The lowest BCUT2D eigenvalue weighted by atomic mass is 10.2. The topological polar surface area (TPSA) is 69.6 Å². The van der Waals surface area contributed by atoms with Crippen molar-refractivity contribution in [2.75, 3.05) is 18.0 Å². The van der Waals surface area contributed by atoms with Crippen molar-refractivity contribution in [1.82, 2.24) is 5.32 Å². The number of benzene rings is 1. The summed E-state index contributed by atoms with van der Waals surface area (Å²) >= 11 is 0. The molecule has 1 aromatic carbocycles. The first-order valence-electron chi connectivity index (χ1n) is 5.09. The van der Waals surface area contributed by atoms with E-state index in [9.17, 15) is 14.0 Å². The highest BCUT2D eigenvalue weighted by atomic mass is 19.1. The average Bonchev–Trinajstić information content (AvgIpc) is 2.29. The van der Waals surface area contributed by atoms with E-state index in [2.05, 4.69) is 5.32 Å². The van der Waals surface area contributed by atoms with Gasteiger partial charge in [-0.2, -0.15) is 0 Å². The van der Waals surface area contributed by atoms with E-state index in [1.54, 1.807) is 4.90 Å². The highest BCUT2D eigenvalue weighted by Gasteiger charge is 2.29. The zero-order chi connectivity index (χ0) is 12.4. The van der Waals surface area contributed by atoms with Crippen molar-refractivity contribution in [3.05, 3.63) is 30.1 Å². The summed E-state index contributed by atoms with van der Waals surface area (Å²) in [6, 6.07) is 4.66. The van der Waals surface area contributed by atoms with Gasteiger partial charge in [0, 0.05) is 12.2 Å². The lowest BCUT2D eigenvalue weighted by molar-refractivity contribution is -0.142. The lowest BCUT2D eigenvalue weighted by Gasteiger charge is -2.32. The minimum absolute atomic E-state index is 0.0788. The molecule has 1 aromatic rings.